The first-order valence-corrected chi connectivity index (χ1v) is 7.86. The van der Waals surface area contributed by atoms with Crippen molar-refractivity contribution < 1.29 is 13.6 Å². The quantitative estimate of drug-likeness (QED) is 0.902. The summed E-state index contributed by atoms with van der Waals surface area (Å²) < 4.78 is 28.7. The van der Waals surface area contributed by atoms with Gasteiger partial charge < -0.3 is 20.1 Å². The molecule has 2 amide bonds. The van der Waals surface area contributed by atoms with Gasteiger partial charge in [0, 0.05) is 51.2 Å². The van der Waals surface area contributed by atoms with E-state index in [2.05, 4.69) is 10.6 Å². The number of hydrogen-bond acceptors (Lipinski definition) is 2. The van der Waals surface area contributed by atoms with Crippen LogP contribution in [0.2, 0.25) is 0 Å². The first-order chi connectivity index (χ1) is 11.5. The van der Waals surface area contributed by atoms with Gasteiger partial charge in [-0.15, -0.1) is 0 Å². The van der Waals surface area contributed by atoms with Gasteiger partial charge in [-0.2, -0.15) is 0 Å². The molecule has 128 valence electrons. The Labute approximate surface area is 139 Å². The predicted octanol–water partition coefficient (Wildman–Crippen LogP) is 2.38. The van der Waals surface area contributed by atoms with E-state index in [1.165, 1.54) is 12.1 Å². The molecular weight excluding hydrogens is 314 g/mol. The fourth-order valence-electron chi connectivity index (χ4n) is 2.92. The molecule has 0 radical (unpaired) electrons. The lowest BCUT2D eigenvalue weighted by atomic mass is 10.2. The maximum atomic E-state index is 13.8. The van der Waals surface area contributed by atoms with E-state index in [0.29, 0.717) is 25.3 Å². The summed E-state index contributed by atoms with van der Waals surface area (Å²) in [5.74, 6) is -1.17. The van der Waals surface area contributed by atoms with E-state index in [4.69, 9.17) is 0 Å². The van der Waals surface area contributed by atoms with Gasteiger partial charge in [0.25, 0.3) is 0 Å². The molecule has 2 N–H and O–H groups in total. The van der Waals surface area contributed by atoms with Crippen molar-refractivity contribution in [2.24, 2.45) is 7.05 Å². The molecule has 2 aromatic rings. The first kappa shape index (κ1) is 16.3. The molecule has 3 rings (SSSR count). The van der Waals surface area contributed by atoms with Crippen LogP contribution in [-0.4, -0.2) is 29.7 Å². The number of hydrogen-bond donors (Lipinski definition) is 2. The Morgan fingerprint density at radius 3 is 2.88 bits per heavy atom. The summed E-state index contributed by atoms with van der Waals surface area (Å²) in [4.78, 5) is 13.8. The third-order valence-corrected chi connectivity index (χ3v) is 4.12. The Bertz CT molecular complexity index is 731. The van der Waals surface area contributed by atoms with Crippen molar-refractivity contribution in [1.29, 1.82) is 0 Å². The Morgan fingerprint density at radius 2 is 2.17 bits per heavy atom. The maximum Gasteiger partial charge on any atom is 0.315 e. The molecule has 0 saturated carbocycles. The van der Waals surface area contributed by atoms with Crippen molar-refractivity contribution >= 4 is 11.7 Å². The fraction of sp³-hybridized carbons (Fsp3) is 0.353. The largest absolute Gasteiger partial charge is 0.367 e. The van der Waals surface area contributed by atoms with Gasteiger partial charge in [0.15, 0.2) is 0 Å². The van der Waals surface area contributed by atoms with E-state index in [1.54, 1.807) is 0 Å². The van der Waals surface area contributed by atoms with Gasteiger partial charge in [0.05, 0.1) is 5.69 Å². The van der Waals surface area contributed by atoms with Crippen LogP contribution in [0.25, 0.3) is 0 Å². The smallest absolute Gasteiger partial charge is 0.315 e. The van der Waals surface area contributed by atoms with E-state index in [9.17, 15) is 13.6 Å². The summed E-state index contributed by atoms with van der Waals surface area (Å²) in [5.41, 5.74) is 1.39. The first-order valence-electron chi connectivity index (χ1n) is 7.86. The van der Waals surface area contributed by atoms with Crippen molar-refractivity contribution in [3.05, 3.63) is 53.9 Å². The van der Waals surface area contributed by atoms with Crippen LogP contribution in [0, 0.1) is 11.6 Å². The van der Waals surface area contributed by atoms with E-state index in [0.717, 1.165) is 18.1 Å². The number of aromatic nitrogens is 1. The molecule has 24 heavy (non-hydrogen) atoms. The highest BCUT2D eigenvalue weighted by atomic mass is 19.1. The number of benzene rings is 1. The minimum Gasteiger partial charge on any atom is -0.367 e. The monoisotopic (exact) mass is 334 g/mol. The number of carbonyl (C=O) groups excluding carboxylic acids is 1. The minimum atomic E-state index is -0.592. The zero-order valence-electron chi connectivity index (χ0n) is 13.4. The van der Waals surface area contributed by atoms with Crippen LogP contribution in [0.15, 0.2) is 36.7 Å². The summed E-state index contributed by atoms with van der Waals surface area (Å²) >= 11 is 0. The Morgan fingerprint density at radius 1 is 1.33 bits per heavy atom. The second-order valence-electron chi connectivity index (χ2n) is 6.04. The number of aryl methyl sites for hydroxylation is 1. The van der Waals surface area contributed by atoms with Crippen LogP contribution >= 0.6 is 0 Å². The number of nitrogens with one attached hydrogen (secondary N) is 2. The van der Waals surface area contributed by atoms with Crippen molar-refractivity contribution in [2.45, 2.75) is 19.0 Å². The van der Waals surface area contributed by atoms with Crippen LogP contribution in [0.4, 0.5) is 19.3 Å². The number of urea groups is 1. The summed E-state index contributed by atoms with van der Waals surface area (Å²) in [5, 5.41) is 5.70. The van der Waals surface area contributed by atoms with Crippen molar-refractivity contribution in [3.8, 4) is 0 Å². The number of anilines is 1. The van der Waals surface area contributed by atoms with E-state index in [1.807, 2.05) is 35.0 Å². The molecule has 1 aromatic heterocycles. The van der Waals surface area contributed by atoms with Gasteiger partial charge in [0.2, 0.25) is 0 Å². The third-order valence-electron chi connectivity index (χ3n) is 4.12. The van der Waals surface area contributed by atoms with E-state index in [-0.39, 0.29) is 12.1 Å². The molecule has 1 fully saturated rings. The summed E-state index contributed by atoms with van der Waals surface area (Å²) in [6.45, 7) is 1.57. The number of rotatable bonds is 4. The fourth-order valence-corrected chi connectivity index (χ4v) is 2.92. The highest BCUT2D eigenvalue weighted by molar-refractivity contribution is 5.74. The highest BCUT2D eigenvalue weighted by Gasteiger charge is 2.25. The topological polar surface area (TPSA) is 49.3 Å². The average Bonchev–Trinajstić information content (AvgIpc) is 3.14. The average molecular weight is 334 g/mol. The molecule has 1 aliphatic heterocycles. The van der Waals surface area contributed by atoms with Crippen molar-refractivity contribution in [2.75, 3.05) is 18.0 Å². The molecular formula is C17H20F2N4O. The van der Waals surface area contributed by atoms with Crippen molar-refractivity contribution in [3.63, 3.8) is 0 Å². The van der Waals surface area contributed by atoms with Gasteiger partial charge >= 0.3 is 6.03 Å². The summed E-state index contributed by atoms with van der Waals surface area (Å²) in [7, 11) is 1.92. The molecule has 1 atom stereocenters. The second kappa shape index (κ2) is 6.90. The Hall–Kier alpha value is -2.57. The number of carbonyl (C=O) groups is 1. The van der Waals surface area contributed by atoms with Gasteiger partial charge in [-0.05, 0) is 30.2 Å². The SMILES string of the molecule is Cn1ccc(CNC(=O)N[C@H]2CCN(c3ccc(F)cc3F)C2)c1. The normalized spacial score (nSPS) is 17.1. The standard InChI is InChI=1S/C17H20F2N4O/c1-22-6-4-12(10-22)9-20-17(24)21-14-5-7-23(11-14)16-3-2-13(18)8-15(16)19/h2-4,6,8,10,14H,5,7,9,11H2,1H3,(H2,20,21,24)/t14-/m0/s1. The molecule has 5 nitrogen and oxygen atoms in total. The van der Waals surface area contributed by atoms with E-state index < -0.39 is 11.6 Å². The molecule has 1 aliphatic rings. The molecule has 0 spiro atoms. The maximum absolute atomic E-state index is 13.8. The summed E-state index contributed by atoms with van der Waals surface area (Å²) in [6, 6.07) is 5.18. The molecule has 2 heterocycles. The van der Waals surface area contributed by atoms with Crippen LogP contribution in [0.5, 0.6) is 0 Å². The molecule has 1 aromatic carbocycles. The molecule has 0 aliphatic carbocycles. The lowest BCUT2D eigenvalue weighted by Crippen LogP contribution is -2.43. The van der Waals surface area contributed by atoms with Crippen LogP contribution < -0.4 is 15.5 Å². The van der Waals surface area contributed by atoms with Gasteiger partial charge in [-0.25, -0.2) is 13.6 Å². The van der Waals surface area contributed by atoms with Crippen LogP contribution in [0.3, 0.4) is 0 Å². The van der Waals surface area contributed by atoms with Crippen LogP contribution in [-0.2, 0) is 13.6 Å². The summed E-state index contributed by atoms with van der Waals surface area (Å²) in [6.07, 6.45) is 4.57. The highest BCUT2D eigenvalue weighted by Crippen LogP contribution is 2.24. The molecule has 7 heteroatoms. The lowest BCUT2D eigenvalue weighted by molar-refractivity contribution is 0.237. The number of nitrogens with zero attached hydrogens (tertiary/aromatic N) is 2. The molecule has 0 unspecified atom stereocenters. The van der Waals surface area contributed by atoms with Gasteiger partial charge in [-0.1, -0.05) is 0 Å². The Kier molecular flexibility index (Phi) is 4.69. The Balaban J connectivity index is 1.49. The zero-order chi connectivity index (χ0) is 17.1. The van der Waals surface area contributed by atoms with Crippen LogP contribution in [0.1, 0.15) is 12.0 Å². The number of amides is 2. The zero-order valence-corrected chi connectivity index (χ0v) is 13.4. The van der Waals surface area contributed by atoms with Crippen molar-refractivity contribution in [1.82, 2.24) is 15.2 Å². The predicted molar refractivity (Wildman–Crippen MR) is 87.8 cm³/mol. The number of halogens is 2. The third kappa shape index (κ3) is 3.84. The lowest BCUT2D eigenvalue weighted by Gasteiger charge is -2.19. The minimum absolute atomic E-state index is 0.0646. The van der Waals surface area contributed by atoms with Gasteiger partial charge in [-0.3, -0.25) is 0 Å². The molecule has 0 bridgehead atoms. The van der Waals surface area contributed by atoms with E-state index >= 15 is 0 Å². The molecule has 1 saturated heterocycles. The second-order valence-corrected chi connectivity index (χ2v) is 6.04. The van der Waals surface area contributed by atoms with Gasteiger partial charge in [0.1, 0.15) is 11.6 Å².